The lowest BCUT2D eigenvalue weighted by molar-refractivity contribution is -0.119. The summed E-state index contributed by atoms with van der Waals surface area (Å²) < 4.78 is 11.6. The molecule has 3 N–H and O–H groups in total. The fraction of sp³-hybridized carbons (Fsp3) is 0.429. The molecule has 6 rings (SSSR count). The molecule has 248 valence electrons. The number of benzene rings is 1. The normalized spacial score (nSPS) is 23.6. The Balaban J connectivity index is 1.37. The number of aliphatic hydroxyl groups is 1. The summed E-state index contributed by atoms with van der Waals surface area (Å²) in [6, 6.07) is 11.7. The van der Waals surface area contributed by atoms with Gasteiger partial charge in [0.25, 0.3) is 0 Å². The standard InChI is InChI=1S/C35H40Cl2N6O4/c1-34(21-44)19-43(20-34)18-22-10-12-28(41-32(22)46-2)35(14-6-8-25(31(35)37)24-7-4-5-9-26(24)36)29-17-39-27(33(42-29)47-3)16-38-15-23-11-13-30(45)40-23/h4-10,12,14,17,23,31,38,44H,11,13,15-16,18-21H2,1-3H3,(H,40,45)/t23-,31?,35?/m0/s1. The van der Waals surface area contributed by atoms with Gasteiger partial charge in [0.15, 0.2) is 0 Å². The number of hydrogen-bond donors (Lipinski definition) is 3. The highest BCUT2D eigenvalue weighted by molar-refractivity contribution is 6.34. The summed E-state index contributed by atoms with van der Waals surface area (Å²) in [7, 11) is 3.18. The number of allylic oxidation sites excluding steroid dienone is 4. The zero-order valence-electron chi connectivity index (χ0n) is 26.8. The van der Waals surface area contributed by atoms with Crippen LogP contribution >= 0.6 is 23.2 Å². The van der Waals surface area contributed by atoms with Crippen LogP contribution in [-0.2, 0) is 23.3 Å². The van der Waals surface area contributed by atoms with Crippen LogP contribution in [0.15, 0.2) is 60.8 Å². The Morgan fingerprint density at radius 1 is 1.11 bits per heavy atom. The molecule has 3 aliphatic rings. The molecule has 0 spiro atoms. The first-order chi connectivity index (χ1) is 22.7. The maximum absolute atomic E-state index is 11.6. The predicted molar refractivity (Wildman–Crippen MR) is 182 cm³/mol. The number of aromatic nitrogens is 3. The lowest BCUT2D eigenvalue weighted by atomic mass is 9.71. The molecule has 0 saturated carbocycles. The van der Waals surface area contributed by atoms with Crippen LogP contribution in [0, 0.1) is 5.41 Å². The van der Waals surface area contributed by atoms with Crippen molar-refractivity contribution >= 4 is 34.7 Å². The highest BCUT2D eigenvalue weighted by Gasteiger charge is 2.47. The van der Waals surface area contributed by atoms with Crippen molar-refractivity contribution in [2.45, 2.75) is 49.7 Å². The number of alkyl halides is 1. The van der Waals surface area contributed by atoms with E-state index in [1.807, 2.05) is 54.6 Å². The number of pyridine rings is 1. The van der Waals surface area contributed by atoms with Crippen LogP contribution in [0.4, 0.5) is 0 Å². The van der Waals surface area contributed by atoms with E-state index in [0.29, 0.717) is 59.9 Å². The molecule has 0 bridgehead atoms. The number of hydrogen-bond acceptors (Lipinski definition) is 9. The summed E-state index contributed by atoms with van der Waals surface area (Å²) in [5.41, 5.74) is 3.24. The average Bonchev–Trinajstić information content (AvgIpc) is 3.49. The van der Waals surface area contributed by atoms with Gasteiger partial charge in [-0.1, -0.05) is 61.0 Å². The monoisotopic (exact) mass is 678 g/mol. The smallest absolute Gasteiger partial charge is 0.237 e. The number of carbonyl (C=O) groups excluding carboxylic acids is 1. The summed E-state index contributed by atoms with van der Waals surface area (Å²) in [5, 5.41) is 16.0. The van der Waals surface area contributed by atoms with E-state index in [1.165, 1.54) is 0 Å². The van der Waals surface area contributed by atoms with Gasteiger partial charge < -0.3 is 25.2 Å². The second-order valence-corrected chi connectivity index (χ2v) is 13.7. The minimum Gasteiger partial charge on any atom is -0.481 e. The maximum atomic E-state index is 11.6. The van der Waals surface area contributed by atoms with Crippen LogP contribution in [0.25, 0.3) is 5.57 Å². The van der Waals surface area contributed by atoms with Crippen LogP contribution in [-0.4, -0.2) is 82.7 Å². The molecule has 10 nitrogen and oxygen atoms in total. The van der Waals surface area contributed by atoms with Gasteiger partial charge in [-0.2, -0.15) is 0 Å². The van der Waals surface area contributed by atoms with Gasteiger partial charge >= 0.3 is 0 Å². The van der Waals surface area contributed by atoms with Gasteiger partial charge in [-0.25, -0.2) is 9.97 Å². The molecule has 3 atom stereocenters. The first-order valence-electron chi connectivity index (χ1n) is 15.8. The van der Waals surface area contributed by atoms with E-state index >= 15 is 0 Å². The van der Waals surface area contributed by atoms with Gasteiger partial charge in [0, 0.05) is 61.2 Å². The molecule has 2 aromatic heterocycles. The molecule has 1 amide bonds. The van der Waals surface area contributed by atoms with Gasteiger partial charge in [-0.15, -0.1) is 11.6 Å². The Bertz CT molecular complexity index is 1690. The molecule has 1 aromatic carbocycles. The van der Waals surface area contributed by atoms with E-state index in [9.17, 15) is 9.90 Å². The van der Waals surface area contributed by atoms with E-state index in [2.05, 4.69) is 22.5 Å². The van der Waals surface area contributed by atoms with Crippen LogP contribution in [0.5, 0.6) is 11.8 Å². The highest BCUT2D eigenvalue weighted by Crippen LogP contribution is 2.48. The van der Waals surface area contributed by atoms with E-state index in [4.69, 9.17) is 47.6 Å². The van der Waals surface area contributed by atoms with Crippen LogP contribution in [0.1, 0.15) is 48.0 Å². The summed E-state index contributed by atoms with van der Waals surface area (Å²) in [5.74, 6) is 0.934. The Hall–Kier alpha value is -3.54. The fourth-order valence-corrected chi connectivity index (χ4v) is 7.49. The van der Waals surface area contributed by atoms with E-state index in [1.54, 1.807) is 20.4 Å². The van der Waals surface area contributed by atoms with Crippen molar-refractivity contribution in [3.63, 3.8) is 0 Å². The lowest BCUT2D eigenvalue weighted by Gasteiger charge is -2.47. The lowest BCUT2D eigenvalue weighted by Crippen LogP contribution is -2.55. The number of carbonyl (C=O) groups is 1. The number of rotatable bonds is 12. The third-order valence-electron chi connectivity index (χ3n) is 9.23. The minimum atomic E-state index is -1.07. The van der Waals surface area contributed by atoms with Crippen molar-refractivity contribution in [3.8, 4) is 11.8 Å². The minimum absolute atomic E-state index is 0.0775. The summed E-state index contributed by atoms with van der Waals surface area (Å²) >= 11 is 14.2. The van der Waals surface area contributed by atoms with Gasteiger partial charge in [0.2, 0.25) is 17.7 Å². The van der Waals surface area contributed by atoms with Gasteiger partial charge in [-0.05, 0) is 29.7 Å². The average molecular weight is 680 g/mol. The van der Waals surface area contributed by atoms with Crippen molar-refractivity contribution in [1.29, 1.82) is 0 Å². The Labute approximate surface area is 285 Å². The fourth-order valence-electron chi connectivity index (χ4n) is 6.76. The number of amides is 1. The molecular formula is C35H40Cl2N6O4. The number of ether oxygens (including phenoxy) is 2. The zero-order valence-corrected chi connectivity index (χ0v) is 28.3. The summed E-state index contributed by atoms with van der Waals surface area (Å²) in [6.07, 6.45) is 8.99. The number of methoxy groups -OCH3 is 2. The van der Waals surface area contributed by atoms with Crippen LogP contribution < -0.4 is 20.1 Å². The summed E-state index contributed by atoms with van der Waals surface area (Å²) in [4.78, 5) is 28.7. The number of halogens is 2. The molecule has 2 saturated heterocycles. The SMILES string of the molecule is COc1nc(C2(c3cnc(CNC[C@@H]4CCC(=O)N4)c(OC)n3)C=CC=C(c3ccccc3Cl)C2Cl)ccc1CN1CC(C)(CO)C1. The summed E-state index contributed by atoms with van der Waals surface area (Å²) in [6.45, 7) is 5.50. The van der Waals surface area contributed by atoms with Crippen molar-refractivity contribution in [3.05, 3.63) is 94.1 Å². The third kappa shape index (κ3) is 6.62. The van der Waals surface area contributed by atoms with Crippen molar-refractivity contribution in [2.75, 3.05) is 40.5 Å². The molecule has 2 fully saturated rings. The largest absolute Gasteiger partial charge is 0.481 e. The van der Waals surface area contributed by atoms with E-state index in [-0.39, 0.29) is 24.0 Å². The molecule has 0 radical (unpaired) electrons. The number of likely N-dealkylation sites (tertiary alicyclic amines) is 1. The second-order valence-electron chi connectivity index (χ2n) is 12.8. The topological polar surface area (TPSA) is 122 Å². The first-order valence-corrected chi connectivity index (χ1v) is 16.6. The maximum Gasteiger partial charge on any atom is 0.237 e. The highest BCUT2D eigenvalue weighted by atomic mass is 35.5. The molecule has 1 aliphatic carbocycles. The molecule has 12 heteroatoms. The molecular weight excluding hydrogens is 639 g/mol. The van der Waals surface area contributed by atoms with Crippen LogP contribution in [0.2, 0.25) is 5.02 Å². The Morgan fingerprint density at radius 2 is 1.87 bits per heavy atom. The van der Waals surface area contributed by atoms with Crippen molar-refractivity contribution in [1.82, 2.24) is 30.5 Å². The van der Waals surface area contributed by atoms with Crippen LogP contribution in [0.3, 0.4) is 0 Å². The number of aliphatic hydroxyl groups excluding tert-OH is 1. The first kappa shape index (κ1) is 33.4. The van der Waals surface area contributed by atoms with E-state index in [0.717, 1.165) is 36.2 Å². The van der Waals surface area contributed by atoms with Crippen molar-refractivity contribution in [2.24, 2.45) is 5.41 Å². The quantitative estimate of drug-likeness (QED) is 0.241. The number of nitrogens with one attached hydrogen (secondary N) is 2. The van der Waals surface area contributed by atoms with Gasteiger partial charge in [0.1, 0.15) is 5.69 Å². The Morgan fingerprint density at radius 3 is 2.57 bits per heavy atom. The predicted octanol–water partition coefficient (Wildman–Crippen LogP) is 4.27. The van der Waals surface area contributed by atoms with Crippen molar-refractivity contribution < 1.29 is 19.4 Å². The second kappa shape index (κ2) is 13.9. The molecule has 47 heavy (non-hydrogen) atoms. The molecule has 2 aliphatic heterocycles. The molecule has 4 heterocycles. The number of nitrogens with zero attached hydrogens (tertiary/aromatic N) is 4. The molecule has 3 aromatic rings. The van der Waals surface area contributed by atoms with E-state index < -0.39 is 10.8 Å². The van der Waals surface area contributed by atoms with Gasteiger partial charge in [-0.3, -0.25) is 14.7 Å². The van der Waals surface area contributed by atoms with Gasteiger partial charge in [0.05, 0.1) is 49.2 Å². The molecule has 2 unspecified atom stereocenters. The third-order valence-corrected chi connectivity index (χ3v) is 10.1. The zero-order chi connectivity index (χ0) is 33.2. The Kier molecular flexibility index (Phi) is 9.87.